The van der Waals surface area contributed by atoms with E-state index in [1.807, 2.05) is 11.0 Å². The Hall–Kier alpha value is -4.54. The summed E-state index contributed by atoms with van der Waals surface area (Å²) in [5.41, 5.74) is 1.22. The predicted molar refractivity (Wildman–Crippen MR) is 137 cm³/mol. The molecule has 1 unspecified atom stereocenters. The summed E-state index contributed by atoms with van der Waals surface area (Å²) in [7, 11) is 4.89. The maximum absolute atomic E-state index is 14.1. The normalized spacial score (nSPS) is 17.2. The second-order valence-corrected chi connectivity index (χ2v) is 9.27. The third-order valence-electron chi connectivity index (χ3n) is 6.51. The Balaban J connectivity index is 0.00000336. The number of carbonyl (C=O) groups excluding carboxylic acids is 2. The second kappa shape index (κ2) is 9.49. The average Bonchev–Trinajstić information content (AvgIpc) is 3.49. The van der Waals surface area contributed by atoms with Crippen LogP contribution in [0.15, 0.2) is 65.7 Å². The number of amides is 2. The number of aryl methyl sites for hydroxylation is 1. The van der Waals surface area contributed by atoms with Crippen molar-refractivity contribution in [2.24, 2.45) is 7.05 Å². The average molecular weight is 506 g/mol. The number of aromatic nitrogens is 4. The third-order valence-corrected chi connectivity index (χ3v) is 6.51. The van der Waals surface area contributed by atoms with E-state index in [0.29, 0.717) is 30.1 Å². The molecule has 0 radical (unpaired) electrons. The number of hydrogen-bond donors (Lipinski definition) is 1. The van der Waals surface area contributed by atoms with Crippen molar-refractivity contribution in [1.29, 1.82) is 0 Å². The van der Waals surface area contributed by atoms with Crippen LogP contribution in [0.3, 0.4) is 0 Å². The highest BCUT2D eigenvalue weighted by Crippen LogP contribution is 2.36. The molecule has 1 aliphatic rings. The number of rotatable bonds is 5. The van der Waals surface area contributed by atoms with E-state index in [9.17, 15) is 18.8 Å². The summed E-state index contributed by atoms with van der Waals surface area (Å²) in [6, 6.07) is 12.4. The highest BCUT2D eigenvalue weighted by molar-refractivity contribution is 5.94. The van der Waals surface area contributed by atoms with Gasteiger partial charge in [0.1, 0.15) is 17.2 Å². The lowest BCUT2D eigenvalue weighted by molar-refractivity contribution is 0.0819. The Labute approximate surface area is 213 Å². The molecule has 0 aliphatic carbocycles. The van der Waals surface area contributed by atoms with Gasteiger partial charge in [-0.25, -0.2) is 13.9 Å². The van der Waals surface area contributed by atoms with Gasteiger partial charge in [-0.05, 0) is 48.4 Å². The van der Waals surface area contributed by atoms with Gasteiger partial charge in [-0.15, -0.1) is 5.10 Å². The van der Waals surface area contributed by atoms with Crippen LogP contribution >= 0.6 is 0 Å². The van der Waals surface area contributed by atoms with Gasteiger partial charge in [0.2, 0.25) is 0 Å². The lowest BCUT2D eigenvalue weighted by Gasteiger charge is -2.26. The number of halogens is 1. The number of fused-ring (bicyclic) bond motifs is 1. The first kappa shape index (κ1) is 24.2. The highest BCUT2D eigenvalue weighted by atomic mass is 19.1. The van der Waals surface area contributed by atoms with Crippen molar-refractivity contribution in [3.63, 3.8) is 0 Å². The molecule has 1 saturated heterocycles. The van der Waals surface area contributed by atoms with Crippen LogP contribution in [0.4, 0.5) is 10.2 Å². The van der Waals surface area contributed by atoms with E-state index in [0.717, 1.165) is 5.56 Å². The fourth-order valence-corrected chi connectivity index (χ4v) is 4.65. The van der Waals surface area contributed by atoms with E-state index >= 15 is 0 Å². The minimum Gasteiger partial charge on any atom is -0.347 e. The van der Waals surface area contributed by atoms with Crippen molar-refractivity contribution < 1.29 is 15.4 Å². The van der Waals surface area contributed by atoms with Crippen LogP contribution in [-0.2, 0) is 7.05 Å². The van der Waals surface area contributed by atoms with E-state index < -0.39 is 5.91 Å². The van der Waals surface area contributed by atoms with Crippen LogP contribution in [0, 0.1) is 5.82 Å². The molecule has 37 heavy (non-hydrogen) atoms. The summed E-state index contributed by atoms with van der Waals surface area (Å²) in [6.45, 7) is 0.365. The topological polar surface area (TPSA) is 105 Å². The first-order valence-electron chi connectivity index (χ1n) is 11.8. The van der Waals surface area contributed by atoms with Gasteiger partial charge in [-0.3, -0.25) is 14.4 Å². The van der Waals surface area contributed by atoms with Crippen LogP contribution in [0.2, 0.25) is 0 Å². The molecule has 4 heterocycles. The number of imidazole rings is 1. The summed E-state index contributed by atoms with van der Waals surface area (Å²) in [6.07, 6.45) is 3.53. The molecule has 5 rings (SSSR count). The first-order valence-corrected chi connectivity index (χ1v) is 11.8. The zero-order chi connectivity index (χ0) is 26.3. The zero-order valence-corrected chi connectivity index (χ0v) is 20.6. The molecular formula is C26H28FN7O3. The van der Waals surface area contributed by atoms with E-state index in [1.165, 1.54) is 38.4 Å². The molecule has 4 aromatic rings. The molecule has 192 valence electrons. The summed E-state index contributed by atoms with van der Waals surface area (Å²) in [5, 5.41) is 7.65. The standard InChI is InChI=1S/C26H26FN7O3.H2/c1-31(2)26(37)21-14-28-22-9-10-23(30-34(21)22)33-15-18(13-20(33)16-6-4-7-17(27)12-16)29-24(35)19-8-5-11-32(3)25(19)36;/h4-12,14,18,20H,13,15H2,1-3H3,(H,29,35);1H/t18?,20-;/m1./s1. The summed E-state index contributed by atoms with van der Waals surface area (Å²) >= 11 is 0. The predicted octanol–water partition coefficient (Wildman–Crippen LogP) is 2.26. The van der Waals surface area contributed by atoms with Gasteiger partial charge < -0.3 is 19.7 Å². The number of nitrogens with one attached hydrogen (secondary N) is 1. The minimum atomic E-state index is -0.470. The number of nitrogens with zero attached hydrogens (tertiary/aromatic N) is 6. The molecule has 1 aliphatic heterocycles. The number of anilines is 1. The Morgan fingerprint density at radius 3 is 2.73 bits per heavy atom. The maximum atomic E-state index is 14.1. The SMILES string of the molecule is CN(C)C(=O)c1cnc2ccc(N3CC(NC(=O)c4cccn(C)c4=O)C[C@@H]3c3cccc(F)c3)nn12.[HH]. The minimum absolute atomic E-state index is 0. The van der Waals surface area contributed by atoms with E-state index in [1.54, 1.807) is 51.6 Å². The Kier molecular flexibility index (Phi) is 6.20. The fraction of sp³-hybridized carbons (Fsp3) is 0.269. The molecule has 1 fully saturated rings. The zero-order valence-electron chi connectivity index (χ0n) is 20.6. The van der Waals surface area contributed by atoms with Crippen molar-refractivity contribution in [3.8, 4) is 0 Å². The van der Waals surface area contributed by atoms with Gasteiger partial charge in [-0.2, -0.15) is 0 Å². The Morgan fingerprint density at radius 1 is 1.16 bits per heavy atom. The van der Waals surface area contributed by atoms with Crippen LogP contribution in [0.1, 0.15) is 40.3 Å². The molecule has 1 aromatic carbocycles. The monoisotopic (exact) mass is 505 g/mol. The molecule has 10 nitrogen and oxygen atoms in total. The summed E-state index contributed by atoms with van der Waals surface area (Å²) in [4.78, 5) is 45.7. The summed E-state index contributed by atoms with van der Waals surface area (Å²) in [5.74, 6) is -0.535. The fourth-order valence-electron chi connectivity index (χ4n) is 4.65. The van der Waals surface area contributed by atoms with Crippen molar-refractivity contribution in [1.82, 2.24) is 29.4 Å². The highest BCUT2D eigenvalue weighted by Gasteiger charge is 2.36. The molecule has 0 bridgehead atoms. The van der Waals surface area contributed by atoms with Gasteiger partial charge in [0, 0.05) is 41.4 Å². The lowest BCUT2D eigenvalue weighted by Crippen LogP contribution is -2.40. The Morgan fingerprint density at radius 2 is 1.97 bits per heavy atom. The van der Waals surface area contributed by atoms with Crippen LogP contribution < -0.4 is 15.8 Å². The van der Waals surface area contributed by atoms with Crippen molar-refractivity contribution >= 4 is 23.3 Å². The van der Waals surface area contributed by atoms with Gasteiger partial charge in [-0.1, -0.05) is 12.1 Å². The first-order chi connectivity index (χ1) is 17.7. The second-order valence-electron chi connectivity index (χ2n) is 9.27. The largest absolute Gasteiger partial charge is 0.347 e. The number of hydrogen-bond acceptors (Lipinski definition) is 6. The van der Waals surface area contributed by atoms with E-state index in [2.05, 4.69) is 15.4 Å². The van der Waals surface area contributed by atoms with Crippen LogP contribution in [0.25, 0.3) is 5.65 Å². The van der Waals surface area contributed by atoms with E-state index in [4.69, 9.17) is 0 Å². The van der Waals surface area contributed by atoms with Gasteiger partial charge in [0.15, 0.2) is 11.3 Å². The molecule has 0 spiro atoms. The van der Waals surface area contributed by atoms with E-state index in [-0.39, 0.29) is 36.4 Å². The maximum Gasteiger partial charge on any atom is 0.273 e. The molecule has 2 amide bonds. The molecule has 2 atom stereocenters. The van der Waals surface area contributed by atoms with Crippen LogP contribution in [0.5, 0.6) is 0 Å². The molecular weight excluding hydrogens is 477 g/mol. The molecule has 3 aromatic heterocycles. The third kappa shape index (κ3) is 4.55. The lowest BCUT2D eigenvalue weighted by atomic mass is 10.0. The number of benzene rings is 1. The molecule has 1 N–H and O–H groups in total. The van der Waals surface area contributed by atoms with Gasteiger partial charge >= 0.3 is 0 Å². The van der Waals surface area contributed by atoms with Crippen LogP contribution in [-0.4, -0.2) is 62.6 Å². The number of pyridine rings is 1. The smallest absolute Gasteiger partial charge is 0.273 e. The van der Waals surface area contributed by atoms with Crippen molar-refractivity contribution in [2.45, 2.75) is 18.5 Å². The molecule has 11 heteroatoms. The summed E-state index contributed by atoms with van der Waals surface area (Å²) < 4.78 is 17.0. The van der Waals surface area contributed by atoms with Crippen molar-refractivity contribution in [2.75, 3.05) is 25.5 Å². The number of carbonyl (C=O) groups is 2. The molecule has 0 saturated carbocycles. The van der Waals surface area contributed by atoms with Gasteiger partial charge in [0.25, 0.3) is 17.4 Å². The van der Waals surface area contributed by atoms with Gasteiger partial charge in [0.05, 0.1) is 12.2 Å². The van der Waals surface area contributed by atoms with Crippen molar-refractivity contribution in [3.05, 3.63) is 93.9 Å². The quantitative estimate of drug-likeness (QED) is 0.446. The Bertz CT molecular complexity index is 1570.